The van der Waals surface area contributed by atoms with Crippen LogP contribution in [0.3, 0.4) is 0 Å². The van der Waals surface area contributed by atoms with Crippen molar-refractivity contribution in [3.05, 3.63) is 21.0 Å². The first-order valence-electron chi connectivity index (χ1n) is 5.21. The van der Waals surface area contributed by atoms with Crippen molar-refractivity contribution >= 4 is 33.4 Å². The van der Waals surface area contributed by atoms with Gasteiger partial charge in [-0.3, -0.25) is 4.79 Å². The summed E-state index contributed by atoms with van der Waals surface area (Å²) in [4.78, 5) is 11.7. The standard InChI is InChI=1S/C11H14BrN3OS/c1-3-6-17-7-5-13-9-8-14-15(4-2)11(16)10(9)12/h1,8,13H,4-7H2,2H3. The number of hydrogen-bond acceptors (Lipinski definition) is 4. The van der Waals surface area contributed by atoms with Crippen LogP contribution < -0.4 is 10.9 Å². The summed E-state index contributed by atoms with van der Waals surface area (Å²) in [6, 6.07) is 0. The van der Waals surface area contributed by atoms with Crippen LogP contribution in [0.2, 0.25) is 0 Å². The van der Waals surface area contributed by atoms with Crippen LogP contribution in [0.4, 0.5) is 5.69 Å². The van der Waals surface area contributed by atoms with E-state index in [1.807, 2.05) is 6.92 Å². The van der Waals surface area contributed by atoms with Crippen LogP contribution >= 0.6 is 27.7 Å². The lowest BCUT2D eigenvalue weighted by atomic mass is 10.4. The lowest BCUT2D eigenvalue weighted by molar-refractivity contribution is 0.613. The van der Waals surface area contributed by atoms with Gasteiger partial charge in [-0.2, -0.15) is 5.10 Å². The Hall–Kier alpha value is -0.930. The SMILES string of the molecule is C#CCSCCNc1cnn(CC)c(=O)c1Br. The third kappa shape index (κ3) is 4.10. The van der Waals surface area contributed by atoms with Gasteiger partial charge in [-0.05, 0) is 22.9 Å². The summed E-state index contributed by atoms with van der Waals surface area (Å²) in [5, 5.41) is 7.20. The van der Waals surface area contributed by atoms with Crippen molar-refractivity contribution < 1.29 is 0 Å². The number of thioether (sulfide) groups is 1. The minimum atomic E-state index is -0.117. The molecule has 0 saturated carbocycles. The topological polar surface area (TPSA) is 46.9 Å². The molecule has 0 aliphatic carbocycles. The fourth-order valence-corrected chi connectivity index (χ4v) is 2.16. The number of rotatable bonds is 6. The highest BCUT2D eigenvalue weighted by Gasteiger charge is 2.06. The second-order valence-electron chi connectivity index (χ2n) is 3.18. The Labute approximate surface area is 113 Å². The van der Waals surface area contributed by atoms with E-state index in [-0.39, 0.29) is 5.56 Å². The summed E-state index contributed by atoms with van der Waals surface area (Å²) < 4.78 is 1.93. The average Bonchev–Trinajstić information content (AvgIpc) is 2.34. The molecule has 0 radical (unpaired) electrons. The van der Waals surface area contributed by atoms with Gasteiger partial charge >= 0.3 is 0 Å². The molecule has 0 bridgehead atoms. The fourth-order valence-electron chi connectivity index (χ4n) is 1.20. The van der Waals surface area contributed by atoms with Crippen LogP contribution in [0.25, 0.3) is 0 Å². The highest BCUT2D eigenvalue weighted by Crippen LogP contribution is 2.15. The third-order valence-electron chi connectivity index (χ3n) is 2.03. The third-order valence-corrected chi connectivity index (χ3v) is 3.66. The molecule has 4 nitrogen and oxygen atoms in total. The molecule has 92 valence electrons. The molecule has 0 unspecified atom stereocenters. The Balaban J connectivity index is 2.58. The summed E-state index contributed by atoms with van der Waals surface area (Å²) >= 11 is 4.95. The van der Waals surface area contributed by atoms with Crippen LogP contribution in [0.5, 0.6) is 0 Å². The van der Waals surface area contributed by atoms with Gasteiger partial charge in [0.15, 0.2) is 0 Å². The summed E-state index contributed by atoms with van der Waals surface area (Å²) in [7, 11) is 0. The van der Waals surface area contributed by atoms with Gasteiger partial charge in [0.2, 0.25) is 0 Å². The number of hydrogen-bond donors (Lipinski definition) is 1. The lowest BCUT2D eigenvalue weighted by Gasteiger charge is -2.08. The maximum Gasteiger partial charge on any atom is 0.283 e. The van der Waals surface area contributed by atoms with E-state index in [9.17, 15) is 4.79 Å². The molecule has 1 aromatic rings. The molecule has 0 amide bonds. The van der Waals surface area contributed by atoms with Crippen molar-refractivity contribution in [1.82, 2.24) is 9.78 Å². The van der Waals surface area contributed by atoms with E-state index >= 15 is 0 Å². The molecule has 1 aromatic heterocycles. The number of aryl methyl sites for hydroxylation is 1. The molecular weight excluding hydrogens is 302 g/mol. The smallest absolute Gasteiger partial charge is 0.283 e. The molecule has 0 aromatic carbocycles. The van der Waals surface area contributed by atoms with Crippen molar-refractivity contribution in [3.63, 3.8) is 0 Å². The monoisotopic (exact) mass is 315 g/mol. The van der Waals surface area contributed by atoms with Crippen molar-refractivity contribution in [2.75, 3.05) is 23.4 Å². The van der Waals surface area contributed by atoms with E-state index in [0.717, 1.165) is 18.0 Å². The predicted octanol–water partition coefficient (Wildman–Crippen LogP) is 1.80. The van der Waals surface area contributed by atoms with Crippen molar-refractivity contribution in [2.45, 2.75) is 13.5 Å². The van der Waals surface area contributed by atoms with Gasteiger partial charge in [0.05, 0.1) is 17.6 Å². The summed E-state index contributed by atoms with van der Waals surface area (Å²) in [6.07, 6.45) is 6.80. The normalized spacial score (nSPS) is 9.94. The van der Waals surface area contributed by atoms with Crippen LogP contribution in [-0.4, -0.2) is 27.8 Å². The van der Waals surface area contributed by atoms with Crippen LogP contribution in [0.15, 0.2) is 15.5 Å². The molecule has 0 aliphatic rings. The summed E-state index contributed by atoms with van der Waals surface area (Å²) in [5.74, 6) is 4.17. The zero-order valence-corrected chi connectivity index (χ0v) is 12.0. The van der Waals surface area contributed by atoms with E-state index in [1.54, 1.807) is 18.0 Å². The second kappa shape index (κ2) is 7.41. The van der Waals surface area contributed by atoms with E-state index in [2.05, 4.69) is 32.3 Å². The Morgan fingerprint density at radius 2 is 2.47 bits per heavy atom. The van der Waals surface area contributed by atoms with E-state index in [1.165, 1.54) is 4.68 Å². The van der Waals surface area contributed by atoms with Gasteiger partial charge in [-0.25, -0.2) is 4.68 Å². The Morgan fingerprint density at radius 1 is 1.71 bits per heavy atom. The number of anilines is 1. The van der Waals surface area contributed by atoms with Crippen LogP contribution in [0, 0.1) is 12.3 Å². The zero-order chi connectivity index (χ0) is 12.7. The average molecular weight is 316 g/mol. The molecule has 0 saturated heterocycles. The molecule has 17 heavy (non-hydrogen) atoms. The first-order chi connectivity index (χ1) is 8.20. The van der Waals surface area contributed by atoms with Gasteiger partial charge in [0, 0.05) is 18.8 Å². The highest BCUT2D eigenvalue weighted by molar-refractivity contribution is 9.10. The molecule has 1 N–H and O–H groups in total. The minimum Gasteiger partial charge on any atom is -0.382 e. The first kappa shape index (κ1) is 14.1. The van der Waals surface area contributed by atoms with Crippen LogP contribution in [-0.2, 0) is 6.54 Å². The molecule has 6 heteroatoms. The molecule has 1 rings (SSSR count). The van der Waals surface area contributed by atoms with E-state index < -0.39 is 0 Å². The minimum absolute atomic E-state index is 0.117. The van der Waals surface area contributed by atoms with Crippen molar-refractivity contribution in [1.29, 1.82) is 0 Å². The molecule has 0 fully saturated rings. The van der Waals surface area contributed by atoms with Crippen molar-refractivity contribution in [3.8, 4) is 12.3 Å². The van der Waals surface area contributed by atoms with Gasteiger partial charge in [-0.15, -0.1) is 18.2 Å². The first-order valence-corrected chi connectivity index (χ1v) is 7.16. The van der Waals surface area contributed by atoms with E-state index in [0.29, 0.717) is 16.8 Å². The second-order valence-corrected chi connectivity index (χ2v) is 5.07. The van der Waals surface area contributed by atoms with Crippen molar-refractivity contribution in [2.24, 2.45) is 0 Å². The Kier molecular flexibility index (Phi) is 6.16. The lowest BCUT2D eigenvalue weighted by Crippen LogP contribution is -2.24. The maximum absolute atomic E-state index is 11.7. The number of nitrogens with zero attached hydrogens (tertiary/aromatic N) is 2. The fraction of sp³-hybridized carbons (Fsp3) is 0.455. The van der Waals surface area contributed by atoms with Gasteiger partial charge < -0.3 is 5.32 Å². The molecule has 0 aliphatic heterocycles. The Morgan fingerprint density at radius 3 is 3.12 bits per heavy atom. The number of halogens is 1. The van der Waals surface area contributed by atoms with Gasteiger partial charge in [0.25, 0.3) is 5.56 Å². The molecule has 1 heterocycles. The number of terminal acetylenes is 1. The van der Waals surface area contributed by atoms with Gasteiger partial charge in [-0.1, -0.05) is 5.92 Å². The largest absolute Gasteiger partial charge is 0.382 e. The molecular formula is C11H14BrN3OS. The van der Waals surface area contributed by atoms with E-state index in [4.69, 9.17) is 6.42 Å². The number of aromatic nitrogens is 2. The summed E-state index contributed by atoms with van der Waals surface area (Å²) in [6.45, 7) is 3.20. The maximum atomic E-state index is 11.7. The predicted molar refractivity (Wildman–Crippen MR) is 76.5 cm³/mol. The molecule has 0 spiro atoms. The zero-order valence-electron chi connectivity index (χ0n) is 9.57. The van der Waals surface area contributed by atoms with Crippen LogP contribution in [0.1, 0.15) is 6.92 Å². The summed E-state index contributed by atoms with van der Waals surface area (Å²) in [5.41, 5.74) is 0.606. The quantitative estimate of drug-likeness (QED) is 0.642. The number of nitrogens with one attached hydrogen (secondary N) is 1. The van der Waals surface area contributed by atoms with Gasteiger partial charge in [0.1, 0.15) is 4.47 Å². The highest BCUT2D eigenvalue weighted by atomic mass is 79.9. The molecule has 0 atom stereocenters. The Bertz CT molecular complexity index is 467.